The van der Waals surface area contributed by atoms with Crippen molar-refractivity contribution >= 4 is 18.6 Å². The molecule has 80 valence electrons. The molecule has 0 aliphatic heterocycles. The van der Waals surface area contributed by atoms with Gasteiger partial charge in [0, 0.05) is 12.7 Å². The van der Waals surface area contributed by atoms with Crippen LogP contribution in [0.5, 0.6) is 0 Å². The number of carbonyl (C=O) groups is 1. The third-order valence-electron chi connectivity index (χ3n) is 2.01. The first-order valence-electron chi connectivity index (χ1n) is 4.82. The largest absolute Gasteiger partial charge is 0.433 e. The van der Waals surface area contributed by atoms with Gasteiger partial charge in [-0.2, -0.15) is 0 Å². The minimum Gasteiger partial charge on any atom is -0.433 e. The van der Waals surface area contributed by atoms with Gasteiger partial charge in [0.05, 0.1) is 5.56 Å². The lowest BCUT2D eigenvalue weighted by Crippen LogP contribution is -2.24. The van der Waals surface area contributed by atoms with Crippen LogP contribution in [-0.2, 0) is 0 Å². The van der Waals surface area contributed by atoms with Crippen LogP contribution in [0.25, 0.3) is 0 Å². The Morgan fingerprint density at radius 1 is 1.47 bits per heavy atom. The molecule has 0 radical (unpaired) electrons. The maximum Gasteiger partial charge on any atom is 0.406 e. The summed E-state index contributed by atoms with van der Waals surface area (Å²) in [6.07, 6.45) is 0. The summed E-state index contributed by atoms with van der Waals surface area (Å²) in [5.74, 6) is -0.165. The van der Waals surface area contributed by atoms with Gasteiger partial charge in [-0.3, -0.25) is 4.79 Å². The van der Waals surface area contributed by atoms with E-state index >= 15 is 0 Å². The minimum absolute atomic E-state index is 0.165. The summed E-state index contributed by atoms with van der Waals surface area (Å²) in [6, 6.07) is 5.45. The summed E-state index contributed by atoms with van der Waals surface area (Å²) in [4.78, 5) is 11.5. The standard InChI is InChI=1S/C10H15BN2O2/c1-7-4-5-9(13-11(2)15)8(6-7)10(14)12-3/h4-6,13,15H,1-3H3,(H,12,14). The highest BCUT2D eigenvalue weighted by molar-refractivity contribution is 6.53. The molecule has 1 rings (SSSR count). The average Bonchev–Trinajstić information content (AvgIpc) is 2.19. The Hall–Kier alpha value is -1.49. The maximum absolute atomic E-state index is 11.5. The number of carbonyl (C=O) groups excluding carboxylic acids is 1. The van der Waals surface area contributed by atoms with E-state index in [0.29, 0.717) is 11.3 Å². The number of anilines is 1. The van der Waals surface area contributed by atoms with Gasteiger partial charge in [0.25, 0.3) is 5.91 Å². The summed E-state index contributed by atoms with van der Waals surface area (Å²) >= 11 is 0. The van der Waals surface area contributed by atoms with E-state index in [2.05, 4.69) is 10.5 Å². The van der Waals surface area contributed by atoms with Gasteiger partial charge in [0.2, 0.25) is 0 Å². The monoisotopic (exact) mass is 206 g/mol. The van der Waals surface area contributed by atoms with Gasteiger partial charge < -0.3 is 15.6 Å². The molecule has 15 heavy (non-hydrogen) atoms. The molecule has 0 bridgehead atoms. The van der Waals surface area contributed by atoms with Crippen molar-refractivity contribution in [3.8, 4) is 0 Å². The molecule has 1 amide bonds. The van der Waals surface area contributed by atoms with Gasteiger partial charge in [-0.25, -0.2) is 0 Å². The van der Waals surface area contributed by atoms with Crippen LogP contribution in [-0.4, -0.2) is 25.0 Å². The highest BCUT2D eigenvalue weighted by atomic mass is 16.2. The number of hydrogen-bond donors (Lipinski definition) is 3. The molecule has 1 aromatic rings. The van der Waals surface area contributed by atoms with E-state index < -0.39 is 7.05 Å². The molecule has 3 N–H and O–H groups in total. The second-order valence-electron chi connectivity index (χ2n) is 3.45. The highest BCUT2D eigenvalue weighted by Gasteiger charge is 2.12. The van der Waals surface area contributed by atoms with Crippen molar-refractivity contribution in [1.29, 1.82) is 0 Å². The van der Waals surface area contributed by atoms with E-state index in [0.717, 1.165) is 5.56 Å². The van der Waals surface area contributed by atoms with Crippen LogP contribution in [0.2, 0.25) is 6.82 Å². The lowest BCUT2D eigenvalue weighted by atomic mass is 9.87. The zero-order chi connectivity index (χ0) is 11.4. The lowest BCUT2D eigenvalue weighted by molar-refractivity contribution is 0.0964. The number of nitrogens with one attached hydrogen (secondary N) is 2. The number of rotatable bonds is 3. The number of amides is 1. The van der Waals surface area contributed by atoms with Crippen molar-refractivity contribution < 1.29 is 9.82 Å². The summed E-state index contributed by atoms with van der Waals surface area (Å²) < 4.78 is 0. The van der Waals surface area contributed by atoms with Crippen LogP contribution in [0.3, 0.4) is 0 Å². The van der Waals surface area contributed by atoms with Gasteiger partial charge in [0.1, 0.15) is 0 Å². The van der Waals surface area contributed by atoms with Gasteiger partial charge in [-0.15, -0.1) is 0 Å². The Kier molecular flexibility index (Phi) is 3.74. The molecule has 0 aromatic heterocycles. The fourth-order valence-corrected chi connectivity index (χ4v) is 1.33. The quantitative estimate of drug-likeness (QED) is 0.643. The maximum atomic E-state index is 11.5. The Morgan fingerprint density at radius 3 is 2.67 bits per heavy atom. The molecule has 0 aliphatic rings. The summed E-state index contributed by atoms with van der Waals surface area (Å²) in [7, 11) is 0.896. The van der Waals surface area contributed by atoms with Crippen molar-refractivity contribution in [3.05, 3.63) is 29.3 Å². The third kappa shape index (κ3) is 2.99. The molecular formula is C10H15BN2O2. The Labute approximate surface area is 89.8 Å². The van der Waals surface area contributed by atoms with Crippen molar-refractivity contribution in [1.82, 2.24) is 5.32 Å². The molecule has 0 saturated carbocycles. The molecule has 0 unspecified atom stereocenters. The number of benzene rings is 1. The first-order valence-corrected chi connectivity index (χ1v) is 4.82. The average molecular weight is 206 g/mol. The molecule has 0 atom stereocenters. The van der Waals surface area contributed by atoms with Gasteiger partial charge in [-0.05, 0) is 25.9 Å². The smallest absolute Gasteiger partial charge is 0.406 e. The molecule has 0 heterocycles. The van der Waals surface area contributed by atoms with Gasteiger partial charge in [-0.1, -0.05) is 11.6 Å². The molecular weight excluding hydrogens is 191 g/mol. The predicted octanol–water partition coefficient (Wildman–Crippen LogP) is 0.877. The molecule has 0 aliphatic carbocycles. The number of aryl methyl sites for hydroxylation is 1. The topological polar surface area (TPSA) is 61.4 Å². The van der Waals surface area contributed by atoms with Crippen LogP contribution >= 0.6 is 0 Å². The number of hydrogen-bond acceptors (Lipinski definition) is 3. The SMILES string of the molecule is CNC(=O)c1cc(C)ccc1NB(C)O. The van der Waals surface area contributed by atoms with Crippen molar-refractivity contribution in [3.63, 3.8) is 0 Å². The Balaban J connectivity index is 3.08. The zero-order valence-corrected chi connectivity index (χ0v) is 9.16. The first-order chi connectivity index (χ1) is 7.04. The molecule has 1 aromatic carbocycles. The van der Waals surface area contributed by atoms with E-state index in [-0.39, 0.29) is 5.91 Å². The van der Waals surface area contributed by atoms with Crippen LogP contribution in [0.1, 0.15) is 15.9 Å². The normalized spacial score (nSPS) is 9.60. The van der Waals surface area contributed by atoms with Crippen molar-refractivity contribution in [2.24, 2.45) is 0 Å². The minimum atomic E-state index is -0.684. The van der Waals surface area contributed by atoms with Crippen molar-refractivity contribution in [2.45, 2.75) is 13.7 Å². The lowest BCUT2D eigenvalue weighted by Gasteiger charge is -2.12. The predicted molar refractivity (Wildman–Crippen MR) is 62.0 cm³/mol. The molecule has 5 heteroatoms. The Morgan fingerprint density at radius 2 is 2.13 bits per heavy atom. The molecule has 0 spiro atoms. The highest BCUT2D eigenvalue weighted by Crippen LogP contribution is 2.17. The van der Waals surface area contributed by atoms with E-state index in [1.54, 1.807) is 26.0 Å². The molecule has 4 nitrogen and oxygen atoms in total. The van der Waals surface area contributed by atoms with Crippen LogP contribution in [0.4, 0.5) is 5.69 Å². The fraction of sp³-hybridized carbons (Fsp3) is 0.300. The van der Waals surface area contributed by atoms with E-state index in [1.165, 1.54) is 0 Å². The first kappa shape index (κ1) is 11.6. The second kappa shape index (κ2) is 4.84. The third-order valence-corrected chi connectivity index (χ3v) is 2.01. The van der Waals surface area contributed by atoms with E-state index in [9.17, 15) is 9.82 Å². The fourth-order valence-electron chi connectivity index (χ4n) is 1.33. The Bertz CT molecular complexity index is 366. The summed E-state index contributed by atoms with van der Waals surface area (Å²) in [5, 5.41) is 14.6. The van der Waals surface area contributed by atoms with E-state index in [4.69, 9.17) is 0 Å². The zero-order valence-electron chi connectivity index (χ0n) is 9.16. The van der Waals surface area contributed by atoms with Crippen LogP contribution in [0, 0.1) is 6.92 Å². The summed E-state index contributed by atoms with van der Waals surface area (Å²) in [6.45, 7) is 3.52. The van der Waals surface area contributed by atoms with Gasteiger partial charge >= 0.3 is 7.05 Å². The van der Waals surface area contributed by atoms with Crippen molar-refractivity contribution in [2.75, 3.05) is 12.3 Å². The second-order valence-corrected chi connectivity index (χ2v) is 3.45. The van der Waals surface area contributed by atoms with Gasteiger partial charge in [0.15, 0.2) is 0 Å². The molecule has 0 saturated heterocycles. The summed E-state index contributed by atoms with van der Waals surface area (Å²) in [5.41, 5.74) is 2.18. The van der Waals surface area contributed by atoms with E-state index in [1.807, 2.05) is 13.0 Å². The molecule has 0 fully saturated rings. The van der Waals surface area contributed by atoms with Crippen LogP contribution < -0.4 is 10.5 Å². The van der Waals surface area contributed by atoms with Crippen LogP contribution in [0.15, 0.2) is 18.2 Å².